The number of rotatable bonds is 4. The molecule has 1 heterocycles. The second-order valence-corrected chi connectivity index (χ2v) is 4.42. The fourth-order valence-corrected chi connectivity index (χ4v) is 2.08. The average molecular weight is 266 g/mol. The zero-order chi connectivity index (χ0) is 13.1. The molecule has 0 radical (unpaired) electrons. The van der Waals surface area contributed by atoms with E-state index < -0.39 is 0 Å². The summed E-state index contributed by atoms with van der Waals surface area (Å²) in [6.07, 6.45) is 0.810. The molecule has 0 saturated carbocycles. The first-order valence-corrected chi connectivity index (χ1v) is 6.18. The lowest BCUT2D eigenvalue weighted by atomic mass is 10.3. The van der Waals surface area contributed by atoms with Crippen LogP contribution in [0.4, 0.5) is 5.69 Å². The highest BCUT2D eigenvalue weighted by molar-refractivity contribution is 6.31. The smallest absolute Gasteiger partial charge is 0.131 e. The Hall–Kier alpha value is -1.68. The average Bonchev–Trinajstić information content (AvgIpc) is 2.62. The van der Waals surface area contributed by atoms with Gasteiger partial charge in [-0.1, -0.05) is 24.6 Å². The SMILES string of the molecule is CCc1nn(C)c(COc2cccc(N)c2)c1Cl. The molecule has 0 atom stereocenters. The third-order valence-electron chi connectivity index (χ3n) is 2.74. The number of halogens is 1. The monoisotopic (exact) mass is 265 g/mol. The predicted octanol–water partition coefficient (Wildman–Crippen LogP) is 2.80. The van der Waals surface area contributed by atoms with Gasteiger partial charge in [0, 0.05) is 18.8 Å². The maximum Gasteiger partial charge on any atom is 0.131 e. The van der Waals surface area contributed by atoms with Crippen LogP contribution in [0.1, 0.15) is 18.3 Å². The van der Waals surface area contributed by atoms with E-state index in [0.717, 1.165) is 23.6 Å². The van der Waals surface area contributed by atoms with E-state index in [1.54, 1.807) is 10.7 Å². The summed E-state index contributed by atoms with van der Waals surface area (Å²) in [4.78, 5) is 0. The number of nitrogens with two attached hydrogens (primary N) is 1. The normalized spacial score (nSPS) is 10.6. The van der Waals surface area contributed by atoms with Crippen LogP contribution < -0.4 is 10.5 Å². The molecule has 2 N–H and O–H groups in total. The van der Waals surface area contributed by atoms with Crippen LogP contribution in [0.25, 0.3) is 0 Å². The van der Waals surface area contributed by atoms with E-state index in [0.29, 0.717) is 17.3 Å². The van der Waals surface area contributed by atoms with E-state index in [4.69, 9.17) is 22.1 Å². The summed E-state index contributed by atoms with van der Waals surface area (Å²) in [6, 6.07) is 7.32. The van der Waals surface area contributed by atoms with Gasteiger partial charge in [0.2, 0.25) is 0 Å². The van der Waals surface area contributed by atoms with Crippen molar-refractivity contribution >= 4 is 17.3 Å². The van der Waals surface area contributed by atoms with Crippen LogP contribution >= 0.6 is 11.6 Å². The molecule has 2 rings (SSSR count). The first-order chi connectivity index (χ1) is 8.61. The number of aryl methyl sites for hydroxylation is 2. The highest BCUT2D eigenvalue weighted by Crippen LogP contribution is 2.23. The molecule has 0 spiro atoms. The summed E-state index contributed by atoms with van der Waals surface area (Å²) in [5, 5.41) is 5.02. The van der Waals surface area contributed by atoms with Crippen molar-refractivity contribution < 1.29 is 4.74 Å². The van der Waals surface area contributed by atoms with Gasteiger partial charge >= 0.3 is 0 Å². The third kappa shape index (κ3) is 2.59. The zero-order valence-electron chi connectivity index (χ0n) is 10.5. The van der Waals surface area contributed by atoms with Crippen molar-refractivity contribution in [2.75, 3.05) is 5.73 Å². The van der Waals surface area contributed by atoms with Crippen LogP contribution in [0.3, 0.4) is 0 Å². The first kappa shape index (κ1) is 12.8. The topological polar surface area (TPSA) is 53.1 Å². The molecule has 4 nitrogen and oxygen atoms in total. The second-order valence-electron chi connectivity index (χ2n) is 4.05. The van der Waals surface area contributed by atoms with E-state index in [-0.39, 0.29) is 0 Å². The maximum absolute atomic E-state index is 6.24. The molecule has 0 amide bonds. The van der Waals surface area contributed by atoms with Gasteiger partial charge in [-0.2, -0.15) is 5.10 Å². The van der Waals surface area contributed by atoms with Crippen molar-refractivity contribution in [3.63, 3.8) is 0 Å². The van der Waals surface area contributed by atoms with Crippen molar-refractivity contribution in [3.8, 4) is 5.75 Å². The Morgan fingerprint density at radius 3 is 2.83 bits per heavy atom. The van der Waals surface area contributed by atoms with E-state index in [9.17, 15) is 0 Å². The van der Waals surface area contributed by atoms with Crippen LogP contribution in [0, 0.1) is 0 Å². The van der Waals surface area contributed by atoms with Gasteiger partial charge in [-0.25, -0.2) is 0 Å². The highest BCUT2D eigenvalue weighted by atomic mass is 35.5. The summed E-state index contributed by atoms with van der Waals surface area (Å²) in [5.74, 6) is 0.727. The minimum Gasteiger partial charge on any atom is -0.487 e. The molecule has 0 aliphatic heterocycles. The lowest BCUT2D eigenvalue weighted by Gasteiger charge is -2.07. The van der Waals surface area contributed by atoms with Crippen LogP contribution in [0.15, 0.2) is 24.3 Å². The molecule has 18 heavy (non-hydrogen) atoms. The number of hydrogen-bond acceptors (Lipinski definition) is 3. The lowest BCUT2D eigenvalue weighted by Crippen LogP contribution is -2.03. The fraction of sp³-hybridized carbons (Fsp3) is 0.308. The Balaban J connectivity index is 2.13. The van der Waals surface area contributed by atoms with Crippen molar-refractivity contribution in [3.05, 3.63) is 40.7 Å². The molecule has 5 heteroatoms. The van der Waals surface area contributed by atoms with Crippen molar-refractivity contribution in [1.29, 1.82) is 0 Å². The number of benzene rings is 1. The molecule has 0 fully saturated rings. The lowest BCUT2D eigenvalue weighted by molar-refractivity contribution is 0.295. The van der Waals surface area contributed by atoms with E-state index in [1.807, 2.05) is 32.2 Å². The molecule has 2 aromatic rings. The standard InChI is InChI=1S/C13H16ClN3O/c1-3-11-13(14)12(17(2)16-11)8-18-10-6-4-5-9(15)7-10/h4-7H,3,8,15H2,1-2H3. The van der Waals surface area contributed by atoms with Gasteiger partial charge < -0.3 is 10.5 Å². The third-order valence-corrected chi connectivity index (χ3v) is 3.17. The van der Waals surface area contributed by atoms with Crippen molar-refractivity contribution in [2.45, 2.75) is 20.0 Å². The van der Waals surface area contributed by atoms with E-state index in [2.05, 4.69) is 5.10 Å². The number of nitrogens with zero attached hydrogens (tertiary/aromatic N) is 2. The van der Waals surface area contributed by atoms with Crippen molar-refractivity contribution in [1.82, 2.24) is 9.78 Å². The van der Waals surface area contributed by atoms with Gasteiger partial charge in [0.25, 0.3) is 0 Å². The quantitative estimate of drug-likeness (QED) is 0.865. The molecule has 0 bridgehead atoms. The van der Waals surface area contributed by atoms with E-state index >= 15 is 0 Å². The first-order valence-electron chi connectivity index (χ1n) is 5.80. The molecular weight excluding hydrogens is 250 g/mol. The highest BCUT2D eigenvalue weighted by Gasteiger charge is 2.13. The predicted molar refractivity (Wildman–Crippen MR) is 72.8 cm³/mol. The summed E-state index contributed by atoms with van der Waals surface area (Å²) in [7, 11) is 1.86. The molecular formula is C13H16ClN3O. The molecule has 1 aromatic carbocycles. The molecule has 96 valence electrons. The Labute approximate surface area is 111 Å². The summed E-state index contributed by atoms with van der Waals surface area (Å²) >= 11 is 6.24. The summed E-state index contributed by atoms with van der Waals surface area (Å²) in [5.41, 5.74) is 8.13. The minimum atomic E-state index is 0.381. The number of nitrogen functional groups attached to an aromatic ring is 1. The number of anilines is 1. The molecule has 0 aliphatic rings. The number of hydrogen-bond donors (Lipinski definition) is 1. The van der Waals surface area contributed by atoms with E-state index in [1.165, 1.54) is 0 Å². The van der Waals surface area contributed by atoms with Gasteiger partial charge in [0.1, 0.15) is 12.4 Å². The Bertz CT molecular complexity index is 551. The van der Waals surface area contributed by atoms with Gasteiger partial charge in [-0.15, -0.1) is 0 Å². The fourth-order valence-electron chi connectivity index (χ4n) is 1.73. The second kappa shape index (κ2) is 5.31. The van der Waals surface area contributed by atoms with Crippen LogP contribution in [-0.4, -0.2) is 9.78 Å². The molecule has 0 unspecified atom stereocenters. The van der Waals surface area contributed by atoms with Gasteiger partial charge in [-0.3, -0.25) is 4.68 Å². The number of ether oxygens (including phenoxy) is 1. The van der Waals surface area contributed by atoms with Gasteiger partial charge in [-0.05, 0) is 18.6 Å². The minimum absolute atomic E-state index is 0.381. The molecule has 0 aliphatic carbocycles. The molecule has 1 aromatic heterocycles. The van der Waals surface area contributed by atoms with Gasteiger partial charge in [0.15, 0.2) is 0 Å². The van der Waals surface area contributed by atoms with Crippen LogP contribution in [-0.2, 0) is 20.1 Å². The zero-order valence-corrected chi connectivity index (χ0v) is 11.2. The summed E-state index contributed by atoms with van der Waals surface area (Å²) < 4.78 is 7.42. The molecule has 0 saturated heterocycles. The number of aromatic nitrogens is 2. The Morgan fingerprint density at radius 1 is 1.44 bits per heavy atom. The van der Waals surface area contributed by atoms with Gasteiger partial charge in [0.05, 0.1) is 16.4 Å². The van der Waals surface area contributed by atoms with Crippen molar-refractivity contribution in [2.24, 2.45) is 7.05 Å². The summed E-state index contributed by atoms with van der Waals surface area (Å²) in [6.45, 7) is 2.41. The largest absolute Gasteiger partial charge is 0.487 e. The maximum atomic E-state index is 6.24. The van der Waals surface area contributed by atoms with Crippen LogP contribution in [0.2, 0.25) is 5.02 Å². The Morgan fingerprint density at radius 2 is 2.22 bits per heavy atom. The Kier molecular flexibility index (Phi) is 3.77. The van der Waals surface area contributed by atoms with Crippen LogP contribution in [0.5, 0.6) is 5.75 Å².